The van der Waals surface area contributed by atoms with E-state index in [1.54, 1.807) is 4.57 Å². The molecule has 1 atom stereocenters. The lowest BCUT2D eigenvalue weighted by atomic mass is 9.96. The number of pyridine rings is 1. The SMILES string of the molecule is CC1CCc2c(Br)c(F)cc3c(=O)c(C(=O)O)cn1c23.O.[MgH2]. The van der Waals surface area contributed by atoms with Gasteiger partial charge in [-0.25, -0.2) is 9.18 Å². The van der Waals surface area contributed by atoms with Crippen LogP contribution in [0, 0.1) is 5.82 Å². The molecule has 8 heteroatoms. The van der Waals surface area contributed by atoms with E-state index in [0.717, 1.165) is 18.1 Å². The molecule has 0 bridgehead atoms. The minimum atomic E-state index is -1.29. The van der Waals surface area contributed by atoms with Gasteiger partial charge in [0.25, 0.3) is 0 Å². The van der Waals surface area contributed by atoms with Crippen LogP contribution in [0.1, 0.15) is 35.3 Å². The summed E-state index contributed by atoms with van der Waals surface area (Å²) >= 11 is 3.21. The van der Waals surface area contributed by atoms with Gasteiger partial charge in [-0.05, 0) is 47.3 Å². The number of aryl methyl sites for hydroxylation is 1. The van der Waals surface area contributed by atoms with Gasteiger partial charge < -0.3 is 15.1 Å². The molecule has 5 nitrogen and oxygen atoms in total. The Hall–Kier alpha value is -0.964. The molecule has 0 spiro atoms. The van der Waals surface area contributed by atoms with E-state index in [-0.39, 0.29) is 45.5 Å². The molecule has 22 heavy (non-hydrogen) atoms. The van der Waals surface area contributed by atoms with Crippen LogP contribution in [0.25, 0.3) is 10.9 Å². The Kier molecular flexibility index (Phi) is 5.77. The first kappa shape index (κ1) is 19.1. The van der Waals surface area contributed by atoms with E-state index >= 15 is 0 Å². The maximum Gasteiger partial charge on any atom is 0.341 e. The zero-order valence-electron chi connectivity index (χ0n) is 11.1. The lowest BCUT2D eigenvalue weighted by Gasteiger charge is -2.27. The molecule has 2 aromatic rings. The van der Waals surface area contributed by atoms with E-state index in [1.807, 2.05) is 6.92 Å². The molecule has 0 radical (unpaired) electrons. The van der Waals surface area contributed by atoms with Crippen LogP contribution in [-0.2, 0) is 6.42 Å². The fourth-order valence-electron chi connectivity index (χ4n) is 2.76. The number of aromatic nitrogens is 1. The van der Waals surface area contributed by atoms with Crippen molar-refractivity contribution in [3.63, 3.8) is 0 Å². The molecule has 1 aromatic heterocycles. The smallest absolute Gasteiger partial charge is 0.341 e. The van der Waals surface area contributed by atoms with Gasteiger partial charge in [-0.1, -0.05) is 0 Å². The quantitative estimate of drug-likeness (QED) is 0.753. The van der Waals surface area contributed by atoms with Crippen molar-refractivity contribution in [3.8, 4) is 0 Å². The van der Waals surface area contributed by atoms with E-state index in [2.05, 4.69) is 15.9 Å². The first-order valence-corrected chi connectivity index (χ1v) is 7.00. The maximum absolute atomic E-state index is 13.9. The summed E-state index contributed by atoms with van der Waals surface area (Å²) in [5.74, 6) is -1.82. The third-order valence-corrected chi connectivity index (χ3v) is 4.68. The summed E-state index contributed by atoms with van der Waals surface area (Å²) < 4.78 is 16.0. The number of nitrogens with zero attached hydrogens (tertiary/aromatic N) is 1. The normalized spacial score (nSPS) is 15.9. The molecule has 116 valence electrons. The predicted octanol–water partition coefficient (Wildman–Crippen LogP) is 1.37. The number of aromatic carboxylic acids is 1. The Bertz CT molecular complexity index is 821. The second kappa shape index (κ2) is 6.65. The molecule has 2 heterocycles. The van der Waals surface area contributed by atoms with Crippen LogP contribution in [0.2, 0.25) is 0 Å². The monoisotopic (exact) mass is 383 g/mol. The summed E-state index contributed by atoms with van der Waals surface area (Å²) in [6.45, 7) is 1.95. The summed E-state index contributed by atoms with van der Waals surface area (Å²) in [6, 6.07) is 1.19. The van der Waals surface area contributed by atoms with Gasteiger partial charge in [0.15, 0.2) is 0 Å². The summed E-state index contributed by atoms with van der Waals surface area (Å²) in [7, 11) is 0. The van der Waals surface area contributed by atoms with Crippen molar-refractivity contribution in [2.75, 3.05) is 0 Å². The first-order valence-electron chi connectivity index (χ1n) is 6.21. The standard InChI is InChI=1S/C14H11BrFNO3.Mg.H2O.2H/c1-6-2-3-7-11(15)10(16)4-8-12(7)17(6)5-9(13(8)18)14(19)20;;;;/h4-6H,2-3H2,1H3,(H,19,20);;1H2;;. The second-order valence-corrected chi connectivity index (χ2v) is 5.81. The number of benzene rings is 1. The summed E-state index contributed by atoms with van der Waals surface area (Å²) in [6.07, 6.45) is 2.79. The van der Waals surface area contributed by atoms with Crippen LogP contribution in [0.3, 0.4) is 0 Å². The summed E-state index contributed by atoms with van der Waals surface area (Å²) in [5, 5.41) is 9.26. The third kappa shape index (κ3) is 2.68. The highest BCUT2D eigenvalue weighted by molar-refractivity contribution is 9.10. The largest absolute Gasteiger partial charge is 0.477 e. The number of hydrogen-bond donors (Lipinski definition) is 1. The van der Waals surface area contributed by atoms with Crippen molar-refractivity contribution in [1.29, 1.82) is 0 Å². The Morgan fingerprint density at radius 2 is 2.14 bits per heavy atom. The minimum Gasteiger partial charge on any atom is -0.477 e. The van der Waals surface area contributed by atoms with Crippen molar-refractivity contribution < 1.29 is 19.8 Å². The molecule has 1 aliphatic rings. The number of halogens is 2. The molecule has 1 aliphatic heterocycles. The summed E-state index contributed by atoms with van der Waals surface area (Å²) in [4.78, 5) is 23.4. The number of carboxylic acid groups (broad SMARTS) is 1. The Labute approximate surface area is 149 Å². The average Bonchev–Trinajstić information content (AvgIpc) is 2.39. The van der Waals surface area contributed by atoms with E-state index in [9.17, 15) is 14.0 Å². The van der Waals surface area contributed by atoms with Crippen LogP contribution in [0.4, 0.5) is 4.39 Å². The maximum atomic E-state index is 13.9. The van der Waals surface area contributed by atoms with Crippen LogP contribution in [0.5, 0.6) is 0 Å². The predicted molar refractivity (Wildman–Crippen MR) is 88.0 cm³/mol. The zero-order valence-corrected chi connectivity index (χ0v) is 12.7. The molecule has 1 aromatic carbocycles. The third-order valence-electron chi connectivity index (χ3n) is 3.82. The fourth-order valence-corrected chi connectivity index (χ4v) is 3.27. The molecule has 3 N–H and O–H groups in total. The Morgan fingerprint density at radius 1 is 1.50 bits per heavy atom. The number of carbonyl (C=O) groups is 1. The highest BCUT2D eigenvalue weighted by Gasteiger charge is 2.25. The van der Waals surface area contributed by atoms with Crippen molar-refractivity contribution in [2.45, 2.75) is 25.8 Å². The van der Waals surface area contributed by atoms with E-state index in [1.165, 1.54) is 6.20 Å². The Balaban J connectivity index is 0.00000121. The molecular formula is C14H15BrFMgNO4. The topological polar surface area (TPSA) is 90.8 Å². The Morgan fingerprint density at radius 3 is 2.73 bits per heavy atom. The fraction of sp³-hybridized carbons (Fsp3) is 0.286. The molecular weight excluding hydrogens is 369 g/mol. The van der Waals surface area contributed by atoms with Gasteiger partial charge in [-0.15, -0.1) is 0 Å². The van der Waals surface area contributed by atoms with Gasteiger partial charge >= 0.3 is 29.0 Å². The molecule has 0 fully saturated rings. The molecule has 0 saturated carbocycles. The van der Waals surface area contributed by atoms with Crippen molar-refractivity contribution in [1.82, 2.24) is 4.57 Å². The van der Waals surface area contributed by atoms with Crippen LogP contribution in [-0.4, -0.2) is 44.2 Å². The number of hydrogen-bond acceptors (Lipinski definition) is 2. The van der Waals surface area contributed by atoms with Gasteiger partial charge in [0.2, 0.25) is 5.43 Å². The summed E-state index contributed by atoms with van der Waals surface area (Å²) in [5.41, 5.74) is 0.406. The van der Waals surface area contributed by atoms with Crippen molar-refractivity contribution >= 4 is 55.9 Å². The van der Waals surface area contributed by atoms with Gasteiger partial charge in [-0.2, -0.15) is 0 Å². The lowest BCUT2D eigenvalue weighted by molar-refractivity contribution is 0.0694. The van der Waals surface area contributed by atoms with Gasteiger partial charge in [0.05, 0.1) is 9.99 Å². The minimum absolute atomic E-state index is 0. The van der Waals surface area contributed by atoms with Crippen molar-refractivity contribution in [3.05, 3.63) is 43.9 Å². The van der Waals surface area contributed by atoms with Crippen molar-refractivity contribution in [2.24, 2.45) is 0 Å². The van der Waals surface area contributed by atoms with E-state index in [0.29, 0.717) is 16.4 Å². The average molecular weight is 384 g/mol. The van der Waals surface area contributed by atoms with Crippen LogP contribution >= 0.6 is 15.9 Å². The number of rotatable bonds is 1. The number of carboxylic acids is 1. The lowest BCUT2D eigenvalue weighted by Crippen LogP contribution is -2.24. The highest BCUT2D eigenvalue weighted by Crippen LogP contribution is 2.35. The van der Waals surface area contributed by atoms with Crippen LogP contribution in [0.15, 0.2) is 21.5 Å². The van der Waals surface area contributed by atoms with Crippen LogP contribution < -0.4 is 5.43 Å². The molecule has 3 rings (SSSR count). The van der Waals surface area contributed by atoms with E-state index in [4.69, 9.17) is 5.11 Å². The van der Waals surface area contributed by atoms with Gasteiger partial charge in [0.1, 0.15) is 11.4 Å². The molecule has 0 amide bonds. The zero-order chi connectivity index (χ0) is 14.6. The van der Waals surface area contributed by atoms with E-state index < -0.39 is 17.2 Å². The second-order valence-electron chi connectivity index (χ2n) is 5.02. The highest BCUT2D eigenvalue weighted by atomic mass is 79.9. The first-order chi connectivity index (χ1) is 9.41. The molecule has 0 aliphatic carbocycles. The molecule has 0 saturated heterocycles. The molecule has 1 unspecified atom stereocenters. The van der Waals surface area contributed by atoms with Gasteiger partial charge in [0, 0.05) is 17.6 Å². The van der Waals surface area contributed by atoms with Gasteiger partial charge in [-0.3, -0.25) is 4.79 Å².